The Kier molecular flexibility index (Phi) is 3.57. The van der Waals surface area contributed by atoms with Crippen LogP contribution in [-0.4, -0.2) is 22.2 Å². The van der Waals surface area contributed by atoms with Gasteiger partial charge in [0, 0.05) is 0 Å². The van der Waals surface area contributed by atoms with Crippen LogP contribution >= 0.6 is 7.60 Å². The van der Waals surface area contributed by atoms with Crippen LogP contribution in [0.3, 0.4) is 0 Å². The lowest BCUT2D eigenvalue weighted by Crippen LogP contribution is -1.98. The molecule has 0 aliphatic heterocycles. The van der Waals surface area contributed by atoms with Gasteiger partial charge in [-0.1, -0.05) is 5.16 Å². The fourth-order valence-electron chi connectivity index (χ4n) is 0.325. The number of nitrogens with zero attached hydrogens (tertiary/aromatic N) is 1. The third-order valence-corrected chi connectivity index (χ3v) is 2.37. The monoisotopic (exact) mass is 167 g/mol. The van der Waals surface area contributed by atoms with E-state index in [0.717, 1.165) is 0 Å². The second-order valence-corrected chi connectivity index (χ2v) is 3.53. The highest BCUT2D eigenvalue weighted by Gasteiger charge is 2.23. The van der Waals surface area contributed by atoms with Crippen molar-refractivity contribution in [2.45, 2.75) is 13.8 Å². The first-order valence-corrected chi connectivity index (χ1v) is 4.29. The molecule has 1 unspecified atom stereocenters. The van der Waals surface area contributed by atoms with Crippen molar-refractivity contribution in [3.8, 4) is 0 Å². The van der Waals surface area contributed by atoms with Crippen LogP contribution in [0.25, 0.3) is 0 Å². The molecule has 0 spiro atoms. The Morgan fingerprint density at radius 1 is 1.80 bits per heavy atom. The molecule has 0 amide bonds. The van der Waals surface area contributed by atoms with Crippen LogP contribution in [0.15, 0.2) is 5.16 Å². The Balaban J connectivity index is 4.26. The molecule has 60 valence electrons. The van der Waals surface area contributed by atoms with E-state index in [1.165, 1.54) is 6.92 Å². The van der Waals surface area contributed by atoms with Gasteiger partial charge in [-0.15, -0.1) is 0 Å². The molecule has 2 N–H and O–H groups in total. The molecule has 6 heteroatoms. The predicted octanol–water partition coefficient (Wildman–Crippen LogP) is 1.02. The number of oxime groups is 1. The maximum absolute atomic E-state index is 10.8. The van der Waals surface area contributed by atoms with Crippen molar-refractivity contribution in [1.82, 2.24) is 0 Å². The molecule has 5 nitrogen and oxygen atoms in total. The maximum Gasteiger partial charge on any atom is 0.375 e. The van der Waals surface area contributed by atoms with Crippen molar-refractivity contribution in [3.05, 3.63) is 0 Å². The molecule has 0 fully saturated rings. The number of hydrogen-bond acceptors (Lipinski definition) is 4. The topological polar surface area (TPSA) is 79.1 Å². The number of rotatable bonds is 3. The number of hydrogen-bond donors (Lipinski definition) is 2. The summed E-state index contributed by atoms with van der Waals surface area (Å²) in [6.45, 7) is 2.91. The Morgan fingerprint density at radius 3 is 2.60 bits per heavy atom. The zero-order chi connectivity index (χ0) is 8.20. The van der Waals surface area contributed by atoms with Gasteiger partial charge in [-0.05, 0) is 13.8 Å². The van der Waals surface area contributed by atoms with Crippen molar-refractivity contribution in [1.29, 1.82) is 0 Å². The van der Waals surface area contributed by atoms with Crippen LogP contribution in [0.1, 0.15) is 13.8 Å². The molecule has 0 aromatic rings. The molecule has 0 heterocycles. The molecule has 0 bridgehead atoms. The lowest BCUT2D eigenvalue weighted by atomic mass is 10.9. The molecule has 0 aliphatic rings. The van der Waals surface area contributed by atoms with Crippen molar-refractivity contribution in [2.75, 3.05) is 6.61 Å². The highest BCUT2D eigenvalue weighted by atomic mass is 31.2. The van der Waals surface area contributed by atoms with Gasteiger partial charge in [0.2, 0.25) is 0 Å². The van der Waals surface area contributed by atoms with E-state index >= 15 is 0 Å². The molecule has 0 aromatic heterocycles. The second-order valence-electron chi connectivity index (χ2n) is 1.59. The van der Waals surface area contributed by atoms with E-state index in [9.17, 15) is 4.57 Å². The molecule has 1 atom stereocenters. The van der Waals surface area contributed by atoms with Gasteiger partial charge in [-0.3, -0.25) is 4.57 Å². The molecule has 0 radical (unpaired) electrons. The average Bonchev–Trinajstić information content (AvgIpc) is 1.86. The van der Waals surface area contributed by atoms with Gasteiger partial charge in [0.25, 0.3) is 0 Å². The molecular weight excluding hydrogens is 157 g/mol. The lowest BCUT2D eigenvalue weighted by Gasteiger charge is -2.07. The largest absolute Gasteiger partial charge is 0.410 e. The van der Waals surface area contributed by atoms with Crippen molar-refractivity contribution in [2.24, 2.45) is 5.16 Å². The van der Waals surface area contributed by atoms with Gasteiger partial charge in [0.05, 0.1) is 6.61 Å². The Hall–Kier alpha value is -0.380. The van der Waals surface area contributed by atoms with Gasteiger partial charge in [-0.25, -0.2) is 0 Å². The van der Waals surface area contributed by atoms with Gasteiger partial charge >= 0.3 is 7.60 Å². The summed E-state index contributed by atoms with van der Waals surface area (Å²) < 4.78 is 15.2. The summed E-state index contributed by atoms with van der Waals surface area (Å²) in [5, 5.41) is 10.6. The first-order valence-electron chi connectivity index (χ1n) is 2.71. The quantitative estimate of drug-likeness (QED) is 0.284. The first-order chi connectivity index (χ1) is 4.54. The van der Waals surface area contributed by atoms with Crippen molar-refractivity contribution < 1.29 is 19.2 Å². The maximum atomic E-state index is 10.8. The minimum atomic E-state index is -3.78. The summed E-state index contributed by atoms with van der Waals surface area (Å²) in [7, 11) is -3.78. The summed E-state index contributed by atoms with van der Waals surface area (Å²) >= 11 is 0. The normalized spacial score (nSPS) is 18.5. The smallest absolute Gasteiger partial charge is 0.375 e. The van der Waals surface area contributed by atoms with E-state index in [1.807, 2.05) is 0 Å². The zero-order valence-corrected chi connectivity index (χ0v) is 6.71. The highest BCUT2D eigenvalue weighted by Crippen LogP contribution is 2.42. The van der Waals surface area contributed by atoms with Gasteiger partial charge in [0.1, 0.15) is 0 Å². The molecule has 10 heavy (non-hydrogen) atoms. The second kappa shape index (κ2) is 3.71. The van der Waals surface area contributed by atoms with Crippen LogP contribution < -0.4 is 0 Å². The highest BCUT2D eigenvalue weighted by molar-refractivity contribution is 7.71. The SMILES string of the molecule is CCOP(=O)(O)/C(C)=N\O. The Bertz CT molecular complexity index is 178. The minimum absolute atomic E-state index is 0.112. The molecule has 0 aliphatic carbocycles. The summed E-state index contributed by atoms with van der Waals surface area (Å²) in [5.41, 5.74) is -0.297. The standard InChI is InChI=1S/C4H10NO4P/c1-3-9-10(7,8)4(2)5-6/h6H,3H2,1-2H3,(H,7,8)/b5-4-. The van der Waals surface area contributed by atoms with Crippen LogP contribution in [0.2, 0.25) is 0 Å². The van der Waals surface area contributed by atoms with Crippen molar-refractivity contribution >= 4 is 13.0 Å². The zero-order valence-electron chi connectivity index (χ0n) is 5.81. The minimum Gasteiger partial charge on any atom is -0.410 e. The molecular formula is C4H10NO4P. The summed E-state index contributed by atoms with van der Waals surface area (Å²) in [6, 6.07) is 0. The Labute approximate surface area is 58.8 Å². The van der Waals surface area contributed by atoms with Crippen molar-refractivity contribution in [3.63, 3.8) is 0 Å². The lowest BCUT2D eigenvalue weighted by molar-refractivity contribution is 0.281. The first kappa shape index (κ1) is 9.62. The molecule has 0 rings (SSSR count). The van der Waals surface area contributed by atoms with E-state index in [4.69, 9.17) is 10.1 Å². The predicted molar refractivity (Wildman–Crippen MR) is 36.3 cm³/mol. The average molecular weight is 167 g/mol. The van der Waals surface area contributed by atoms with E-state index in [0.29, 0.717) is 0 Å². The van der Waals surface area contributed by atoms with Gasteiger partial charge in [0.15, 0.2) is 5.45 Å². The Morgan fingerprint density at radius 2 is 2.30 bits per heavy atom. The van der Waals surface area contributed by atoms with E-state index in [2.05, 4.69) is 9.68 Å². The third-order valence-electron chi connectivity index (χ3n) is 0.858. The fourth-order valence-corrected chi connectivity index (χ4v) is 0.975. The molecule has 0 aromatic carbocycles. The third kappa shape index (κ3) is 2.47. The summed E-state index contributed by atoms with van der Waals surface area (Å²) in [4.78, 5) is 8.83. The van der Waals surface area contributed by atoms with Crippen LogP contribution in [0.4, 0.5) is 0 Å². The van der Waals surface area contributed by atoms with E-state index < -0.39 is 7.60 Å². The molecule has 0 saturated carbocycles. The van der Waals surface area contributed by atoms with E-state index in [1.54, 1.807) is 6.92 Å². The molecule has 0 saturated heterocycles. The van der Waals surface area contributed by atoms with Gasteiger partial charge < -0.3 is 14.6 Å². The van der Waals surface area contributed by atoms with Crippen LogP contribution in [-0.2, 0) is 9.09 Å². The van der Waals surface area contributed by atoms with Crippen LogP contribution in [0, 0.1) is 0 Å². The van der Waals surface area contributed by atoms with Crippen LogP contribution in [0.5, 0.6) is 0 Å². The fraction of sp³-hybridized carbons (Fsp3) is 0.750. The van der Waals surface area contributed by atoms with Gasteiger partial charge in [-0.2, -0.15) is 0 Å². The van der Waals surface area contributed by atoms with E-state index in [-0.39, 0.29) is 12.1 Å². The summed E-state index contributed by atoms with van der Waals surface area (Å²) in [6.07, 6.45) is 0. The summed E-state index contributed by atoms with van der Waals surface area (Å²) in [5.74, 6) is 0.